The van der Waals surface area contributed by atoms with Crippen molar-refractivity contribution in [3.63, 3.8) is 0 Å². The summed E-state index contributed by atoms with van der Waals surface area (Å²) in [5.41, 5.74) is 2.02. The van der Waals surface area contributed by atoms with Crippen LogP contribution in [0.4, 0.5) is 5.69 Å². The molecule has 1 saturated heterocycles. The normalized spacial score (nSPS) is 20.4. The number of para-hydroxylation sites is 1. The van der Waals surface area contributed by atoms with Gasteiger partial charge in [-0.05, 0) is 53.1 Å². The van der Waals surface area contributed by atoms with E-state index in [2.05, 4.69) is 38.9 Å². The molecule has 0 spiro atoms. The fourth-order valence-corrected chi connectivity index (χ4v) is 5.52. The van der Waals surface area contributed by atoms with Gasteiger partial charge in [-0.3, -0.25) is 9.59 Å². The van der Waals surface area contributed by atoms with Crippen LogP contribution in [0.3, 0.4) is 0 Å². The summed E-state index contributed by atoms with van der Waals surface area (Å²) in [5, 5.41) is 2.94. The van der Waals surface area contributed by atoms with Crippen LogP contribution in [0.2, 0.25) is 0 Å². The minimum Gasteiger partial charge on any atom is -0.356 e. The molecule has 28 heavy (non-hydrogen) atoms. The Kier molecular flexibility index (Phi) is 6.07. The zero-order chi connectivity index (χ0) is 19.7. The number of thioether (sulfide) groups is 1. The number of fused-ring (bicyclic) bond motifs is 4. The van der Waals surface area contributed by atoms with Crippen molar-refractivity contribution in [1.82, 2.24) is 9.47 Å². The molecule has 2 bridgehead atoms. The summed E-state index contributed by atoms with van der Waals surface area (Å²) >= 11 is 9.25. The van der Waals surface area contributed by atoms with Crippen LogP contribution in [-0.4, -0.2) is 38.5 Å². The standard InChI is InChI=1S/C20H20IN3O2S2/c21-15-4-1-2-5-16(15)22-18(25)12-28-20(27)23-9-13-8-14(11-23)17-6-3-7-19(26)24(17)10-13/h1-7,13-14H,8-12H2,(H,22,25)/t13-,14+/m0/s1. The second kappa shape index (κ2) is 8.54. The third kappa shape index (κ3) is 4.28. The number of nitrogens with zero attached hydrogens (tertiary/aromatic N) is 2. The molecule has 2 atom stereocenters. The van der Waals surface area contributed by atoms with Crippen molar-refractivity contribution in [3.8, 4) is 0 Å². The minimum atomic E-state index is -0.0504. The van der Waals surface area contributed by atoms with E-state index >= 15 is 0 Å². The van der Waals surface area contributed by atoms with Crippen molar-refractivity contribution in [2.24, 2.45) is 5.92 Å². The van der Waals surface area contributed by atoms with Gasteiger partial charge in [0.25, 0.3) is 5.56 Å². The predicted molar refractivity (Wildman–Crippen MR) is 126 cm³/mol. The number of benzene rings is 1. The first kappa shape index (κ1) is 19.9. The van der Waals surface area contributed by atoms with Gasteiger partial charge in [-0.15, -0.1) is 0 Å². The zero-order valence-corrected chi connectivity index (χ0v) is 18.9. The van der Waals surface area contributed by atoms with Gasteiger partial charge in [0, 0.05) is 40.9 Å². The monoisotopic (exact) mass is 525 g/mol. The maximum atomic E-state index is 12.3. The van der Waals surface area contributed by atoms with Gasteiger partial charge in [0.15, 0.2) is 0 Å². The summed E-state index contributed by atoms with van der Waals surface area (Å²) in [4.78, 5) is 26.6. The number of carbonyl (C=O) groups is 1. The molecule has 0 saturated carbocycles. The van der Waals surface area contributed by atoms with Crippen LogP contribution in [0.15, 0.2) is 47.3 Å². The van der Waals surface area contributed by atoms with E-state index in [9.17, 15) is 9.59 Å². The maximum Gasteiger partial charge on any atom is 0.250 e. The largest absolute Gasteiger partial charge is 0.356 e. The van der Waals surface area contributed by atoms with Crippen molar-refractivity contribution in [2.75, 3.05) is 24.2 Å². The fourth-order valence-electron chi connectivity index (χ4n) is 4.01. The summed E-state index contributed by atoms with van der Waals surface area (Å²) in [6.07, 6.45) is 1.10. The van der Waals surface area contributed by atoms with Gasteiger partial charge in [0.1, 0.15) is 4.32 Å². The van der Waals surface area contributed by atoms with Gasteiger partial charge in [-0.2, -0.15) is 0 Å². The highest BCUT2D eigenvalue weighted by Gasteiger charge is 2.35. The number of halogens is 1. The van der Waals surface area contributed by atoms with Crippen molar-refractivity contribution in [1.29, 1.82) is 0 Å². The first-order valence-electron chi connectivity index (χ1n) is 9.17. The Labute approximate surface area is 187 Å². The maximum absolute atomic E-state index is 12.3. The molecular formula is C20H20IN3O2S2. The average molecular weight is 525 g/mol. The Bertz CT molecular complexity index is 978. The summed E-state index contributed by atoms with van der Waals surface area (Å²) in [6.45, 7) is 2.41. The first-order chi connectivity index (χ1) is 13.5. The molecule has 3 heterocycles. The zero-order valence-electron chi connectivity index (χ0n) is 15.1. The first-order valence-corrected chi connectivity index (χ1v) is 11.6. The molecule has 2 aliphatic heterocycles. The highest BCUT2D eigenvalue weighted by atomic mass is 127. The van der Waals surface area contributed by atoms with Crippen LogP contribution in [0.5, 0.6) is 0 Å². The van der Waals surface area contributed by atoms with Crippen molar-refractivity contribution in [3.05, 3.63) is 62.1 Å². The van der Waals surface area contributed by atoms with E-state index in [0.717, 1.165) is 45.3 Å². The molecule has 1 aromatic heterocycles. The molecule has 2 aliphatic rings. The van der Waals surface area contributed by atoms with E-state index in [0.29, 0.717) is 17.6 Å². The van der Waals surface area contributed by atoms with Crippen molar-refractivity contribution >= 4 is 62.5 Å². The number of likely N-dealkylation sites (tertiary alicyclic amines) is 1. The van der Waals surface area contributed by atoms with Gasteiger partial charge < -0.3 is 14.8 Å². The van der Waals surface area contributed by atoms with Crippen molar-refractivity contribution < 1.29 is 4.79 Å². The van der Waals surface area contributed by atoms with Gasteiger partial charge >= 0.3 is 0 Å². The van der Waals surface area contributed by atoms with Crippen LogP contribution >= 0.6 is 46.6 Å². The fraction of sp³-hybridized carbons (Fsp3) is 0.350. The lowest BCUT2D eigenvalue weighted by atomic mass is 9.83. The number of aromatic nitrogens is 1. The van der Waals surface area contributed by atoms with Gasteiger partial charge in [0.05, 0.1) is 11.4 Å². The molecule has 146 valence electrons. The molecule has 0 unspecified atom stereocenters. The van der Waals surface area contributed by atoms with Crippen LogP contribution in [-0.2, 0) is 11.3 Å². The Morgan fingerprint density at radius 1 is 1.18 bits per heavy atom. The summed E-state index contributed by atoms with van der Waals surface area (Å²) < 4.78 is 3.69. The van der Waals surface area contributed by atoms with E-state index in [1.807, 2.05) is 34.9 Å². The van der Waals surface area contributed by atoms with Crippen LogP contribution in [0, 0.1) is 9.49 Å². The summed E-state index contributed by atoms with van der Waals surface area (Å²) in [7, 11) is 0. The van der Waals surface area contributed by atoms with E-state index in [1.54, 1.807) is 6.07 Å². The molecule has 1 N–H and O–H groups in total. The third-order valence-corrected chi connectivity index (χ3v) is 7.68. The quantitative estimate of drug-likeness (QED) is 0.491. The van der Waals surface area contributed by atoms with Crippen molar-refractivity contribution in [2.45, 2.75) is 18.9 Å². The Hall–Kier alpha value is -1.39. The SMILES string of the molecule is O=C(CSC(=S)N1C[C@@H]2C[C@H](C1)c1cccc(=O)n1C2)Nc1ccccc1I. The lowest BCUT2D eigenvalue weighted by Gasteiger charge is -2.43. The lowest BCUT2D eigenvalue weighted by molar-refractivity contribution is -0.113. The van der Waals surface area contributed by atoms with Gasteiger partial charge in [-0.25, -0.2) is 0 Å². The number of rotatable bonds is 3. The molecular weight excluding hydrogens is 505 g/mol. The molecule has 5 nitrogen and oxygen atoms in total. The molecule has 1 amide bonds. The smallest absolute Gasteiger partial charge is 0.250 e. The highest BCUT2D eigenvalue weighted by molar-refractivity contribution is 14.1. The molecule has 0 radical (unpaired) electrons. The number of hydrogen-bond acceptors (Lipinski definition) is 4. The molecule has 4 rings (SSSR count). The summed E-state index contributed by atoms with van der Waals surface area (Å²) in [5.74, 6) is 0.987. The van der Waals surface area contributed by atoms with Crippen LogP contribution < -0.4 is 10.9 Å². The second-order valence-electron chi connectivity index (χ2n) is 7.19. The number of pyridine rings is 1. The van der Waals surface area contributed by atoms with E-state index in [4.69, 9.17) is 12.2 Å². The number of amides is 1. The molecule has 8 heteroatoms. The number of thiocarbonyl (C=S) groups is 1. The number of piperidine rings is 1. The van der Waals surface area contributed by atoms with E-state index < -0.39 is 0 Å². The van der Waals surface area contributed by atoms with Gasteiger partial charge in [0.2, 0.25) is 5.91 Å². The van der Waals surface area contributed by atoms with Crippen LogP contribution in [0.25, 0.3) is 0 Å². The van der Waals surface area contributed by atoms with E-state index in [-0.39, 0.29) is 11.5 Å². The third-order valence-electron chi connectivity index (χ3n) is 5.21. The van der Waals surface area contributed by atoms with Gasteiger partial charge in [-0.1, -0.05) is 42.2 Å². The number of anilines is 1. The Balaban J connectivity index is 1.36. The topological polar surface area (TPSA) is 54.3 Å². The molecule has 1 aromatic carbocycles. The lowest BCUT2D eigenvalue weighted by Crippen LogP contribution is -2.48. The number of hydrogen-bond donors (Lipinski definition) is 1. The van der Waals surface area contributed by atoms with E-state index in [1.165, 1.54) is 11.8 Å². The molecule has 1 fully saturated rings. The average Bonchev–Trinajstić information content (AvgIpc) is 2.68. The predicted octanol–water partition coefficient (Wildman–Crippen LogP) is 3.53. The summed E-state index contributed by atoms with van der Waals surface area (Å²) in [6, 6.07) is 13.2. The Morgan fingerprint density at radius 3 is 2.82 bits per heavy atom. The number of nitrogens with one attached hydrogen (secondary N) is 1. The Morgan fingerprint density at radius 2 is 2.00 bits per heavy atom. The molecule has 2 aromatic rings. The highest BCUT2D eigenvalue weighted by Crippen LogP contribution is 2.36. The minimum absolute atomic E-state index is 0.0504. The second-order valence-corrected chi connectivity index (χ2v) is 9.96. The molecule has 0 aliphatic carbocycles. The van der Waals surface area contributed by atoms with Crippen LogP contribution in [0.1, 0.15) is 18.0 Å². The number of carbonyl (C=O) groups excluding carboxylic acids is 1.